The van der Waals surface area contributed by atoms with Crippen molar-refractivity contribution in [2.75, 3.05) is 45.0 Å². The van der Waals surface area contributed by atoms with Gasteiger partial charge in [-0.25, -0.2) is 24.5 Å². The van der Waals surface area contributed by atoms with Crippen LogP contribution in [-0.4, -0.2) is 123 Å². The van der Waals surface area contributed by atoms with Gasteiger partial charge in [0.15, 0.2) is 22.6 Å². The van der Waals surface area contributed by atoms with E-state index in [1.54, 1.807) is 63.9 Å². The summed E-state index contributed by atoms with van der Waals surface area (Å²) in [5.41, 5.74) is 6.99. The molecule has 0 radical (unpaired) electrons. The molecule has 22 heteroatoms. The van der Waals surface area contributed by atoms with Crippen LogP contribution in [0.2, 0.25) is 0 Å². The molecule has 356 valence electrons. The molecule has 0 unspecified atom stereocenters. The average Bonchev–Trinajstić information content (AvgIpc) is 3.84. The number of H-pyrrole nitrogens is 1. The second-order valence-corrected chi connectivity index (χ2v) is 19.0. The molecule has 2 aromatic heterocycles. The topological polar surface area (TPSA) is 267 Å². The van der Waals surface area contributed by atoms with E-state index in [2.05, 4.69) is 30.6 Å². The van der Waals surface area contributed by atoms with Crippen LogP contribution in [0.15, 0.2) is 87.0 Å². The normalized spacial score (nSPS) is 20.3. The van der Waals surface area contributed by atoms with Crippen LogP contribution in [0.25, 0.3) is 11.2 Å². The lowest BCUT2D eigenvalue weighted by molar-refractivity contribution is -0.144. The Balaban J connectivity index is 0.709. The van der Waals surface area contributed by atoms with Crippen LogP contribution in [0, 0.1) is 12.8 Å². The maximum atomic E-state index is 13.6. The number of amides is 3. The minimum Gasteiger partial charge on any atom is -0.492 e. The highest BCUT2D eigenvalue weighted by molar-refractivity contribution is 8.76. The van der Waals surface area contributed by atoms with Crippen LogP contribution < -0.4 is 21.9 Å². The molecule has 5 N–H and O–H groups in total. The predicted molar refractivity (Wildman–Crippen MR) is 249 cm³/mol. The Morgan fingerprint density at radius 3 is 2.43 bits per heavy atom. The number of ketones is 3. The molecule has 4 aliphatic rings. The molecule has 3 aliphatic heterocycles. The largest absolute Gasteiger partial charge is 0.492 e. The number of benzene rings is 2. The van der Waals surface area contributed by atoms with Crippen LogP contribution in [0.1, 0.15) is 60.0 Å². The third-order valence-electron chi connectivity index (χ3n) is 12.3. The third-order valence-corrected chi connectivity index (χ3v) is 14.7. The summed E-state index contributed by atoms with van der Waals surface area (Å²) in [5, 5.41) is 6.08. The highest BCUT2D eigenvalue weighted by Crippen LogP contribution is 2.60. The highest BCUT2D eigenvalue weighted by Gasteiger charge is 2.78. The van der Waals surface area contributed by atoms with E-state index < -0.39 is 41.4 Å². The molecule has 2 fully saturated rings. The maximum Gasteiger partial charge on any atom is 0.410 e. The van der Waals surface area contributed by atoms with E-state index in [-0.39, 0.29) is 76.8 Å². The van der Waals surface area contributed by atoms with Gasteiger partial charge >= 0.3 is 12.2 Å². The molecular weight excluding hydrogens is 919 g/mol. The Kier molecular flexibility index (Phi) is 14.2. The lowest BCUT2D eigenvalue weighted by atomic mass is 9.83. The van der Waals surface area contributed by atoms with E-state index in [9.17, 15) is 33.6 Å². The first-order valence-corrected chi connectivity index (χ1v) is 24.1. The summed E-state index contributed by atoms with van der Waals surface area (Å²) in [6.07, 6.45) is 1.98. The van der Waals surface area contributed by atoms with Gasteiger partial charge in [0.2, 0.25) is 11.6 Å². The molecule has 3 amide bonds. The number of hydrogen-bond acceptors (Lipinski definition) is 18. The van der Waals surface area contributed by atoms with Gasteiger partial charge in [0.1, 0.15) is 30.9 Å². The summed E-state index contributed by atoms with van der Waals surface area (Å²) >= 11 is 0. The highest BCUT2D eigenvalue weighted by atomic mass is 33.1. The first-order chi connectivity index (χ1) is 32.7. The van der Waals surface area contributed by atoms with Crippen LogP contribution in [0.4, 0.5) is 15.3 Å². The van der Waals surface area contributed by atoms with Crippen molar-refractivity contribution in [3.05, 3.63) is 110 Å². The molecular formula is C46H49N9O11S2. The van der Waals surface area contributed by atoms with Gasteiger partial charge in [-0.2, -0.15) is 0 Å². The fraction of sp³-hybridized carbons (Fsp3) is 0.391. The van der Waals surface area contributed by atoms with Gasteiger partial charge in [-0.1, -0.05) is 33.7 Å². The van der Waals surface area contributed by atoms with Crippen molar-refractivity contribution in [3.8, 4) is 0 Å². The van der Waals surface area contributed by atoms with Crippen LogP contribution in [0.3, 0.4) is 0 Å². The average molecular weight is 968 g/mol. The second kappa shape index (κ2) is 20.2. The summed E-state index contributed by atoms with van der Waals surface area (Å²) in [6.45, 7) is 3.72. The Bertz CT molecular complexity index is 2800. The Hall–Kier alpha value is -6.78. The van der Waals surface area contributed by atoms with E-state index >= 15 is 0 Å². The molecule has 5 heterocycles. The number of hydrogen-bond donors (Lipinski definition) is 4. The standard InChI is InChI=1S/C46H49N9O11S2/c1-24-37(57)36-34(38(58)39(24)63-3)32(23-65-44(47)61)46(64-4)40-33(21-54(36)46)55(40)45(62)66-22-26-9-15-31(16-10-26)68-67-18-6-8-30(56)7-5-17-48-42(59)27-11-13-28(14-12-27)49-19-29-20-50-41-35(53-29)43(60)52-25(2)51-41/h9-16,20,32-33,40,49H,5-8,17-19,21-23H2,1-4H3,(H2,47,61)(H,48,59)(H,50,51,52,60)/t32-,33+,40+,46-,55?/m1/s1. The zero-order valence-corrected chi connectivity index (χ0v) is 39.3. The number of piperazine rings is 1. The summed E-state index contributed by atoms with van der Waals surface area (Å²) < 4.78 is 22.3. The molecule has 4 atom stereocenters. The Morgan fingerprint density at radius 1 is 0.956 bits per heavy atom. The van der Waals surface area contributed by atoms with Crippen molar-refractivity contribution in [2.45, 2.75) is 75.4 Å². The number of carbonyl (C=O) groups excluding carboxylic acids is 6. The maximum absolute atomic E-state index is 13.6. The third kappa shape index (κ3) is 9.52. The molecule has 2 aromatic carbocycles. The molecule has 0 bridgehead atoms. The number of methoxy groups -OCH3 is 2. The number of fused-ring (bicyclic) bond motifs is 5. The van der Waals surface area contributed by atoms with E-state index in [1.165, 1.54) is 26.0 Å². The molecule has 0 saturated carbocycles. The number of nitrogens with two attached hydrogens (primary N) is 1. The number of anilines is 1. The lowest BCUT2D eigenvalue weighted by Crippen LogP contribution is -2.56. The quantitative estimate of drug-likeness (QED) is 0.0415. The summed E-state index contributed by atoms with van der Waals surface area (Å²) in [4.78, 5) is 109. The monoisotopic (exact) mass is 967 g/mol. The summed E-state index contributed by atoms with van der Waals surface area (Å²) in [5.74, 6) is -0.833. The van der Waals surface area contributed by atoms with Crippen molar-refractivity contribution in [2.24, 2.45) is 11.7 Å². The number of carbonyl (C=O) groups is 6. The number of rotatable bonds is 20. The molecule has 1 aliphatic carbocycles. The number of Topliss-reactive ketones (excluding diaryl/α,β-unsaturated/α-hetero) is 3. The fourth-order valence-electron chi connectivity index (χ4n) is 9.02. The number of aromatic amines is 1. The van der Waals surface area contributed by atoms with Gasteiger partial charge in [0.25, 0.3) is 11.5 Å². The van der Waals surface area contributed by atoms with Gasteiger partial charge in [-0.15, -0.1) is 0 Å². The number of aromatic nitrogens is 4. The summed E-state index contributed by atoms with van der Waals surface area (Å²) in [6, 6.07) is 13.6. The van der Waals surface area contributed by atoms with Gasteiger partial charge in [-0.3, -0.25) is 28.9 Å². The first kappa shape index (κ1) is 47.7. The Labute approximate surface area is 397 Å². The van der Waals surface area contributed by atoms with Crippen molar-refractivity contribution in [1.82, 2.24) is 35.1 Å². The van der Waals surface area contributed by atoms with E-state index in [4.69, 9.17) is 24.7 Å². The van der Waals surface area contributed by atoms with Crippen molar-refractivity contribution < 1.29 is 47.7 Å². The number of allylic oxidation sites excluding steroid dienone is 2. The van der Waals surface area contributed by atoms with Gasteiger partial charge in [-0.05, 0) is 68.7 Å². The van der Waals surface area contributed by atoms with Crippen molar-refractivity contribution in [1.29, 1.82) is 0 Å². The lowest BCUT2D eigenvalue weighted by Gasteiger charge is -2.40. The molecule has 8 rings (SSSR count). The van der Waals surface area contributed by atoms with Gasteiger partial charge in [0.05, 0.1) is 43.2 Å². The van der Waals surface area contributed by atoms with E-state index in [0.29, 0.717) is 49.4 Å². The Morgan fingerprint density at radius 2 is 1.71 bits per heavy atom. The zero-order valence-electron chi connectivity index (χ0n) is 37.6. The van der Waals surface area contributed by atoms with Crippen LogP contribution in [-0.2, 0) is 46.5 Å². The molecule has 2 saturated heterocycles. The first-order valence-electron chi connectivity index (χ1n) is 21.8. The molecule has 68 heavy (non-hydrogen) atoms. The number of nitrogens with zero attached hydrogens (tertiary/aromatic N) is 5. The molecule has 20 nitrogen and oxygen atoms in total. The van der Waals surface area contributed by atoms with Gasteiger partial charge in [0, 0.05) is 66.1 Å². The molecule has 4 aromatic rings. The fourth-order valence-corrected chi connectivity index (χ4v) is 11.1. The van der Waals surface area contributed by atoms with Gasteiger partial charge < -0.3 is 45.2 Å². The summed E-state index contributed by atoms with van der Waals surface area (Å²) in [7, 11) is 5.94. The number of aryl methyl sites for hydroxylation is 1. The zero-order chi connectivity index (χ0) is 48.3. The van der Waals surface area contributed by atoms with E-state index in [0.717, 1.165) is 28.3 Å². The van der Waals surface area contributed by atoms with Crippen LogP contribution >= 0.6 is 21.6 Å². The SMILES string of the molecule is COC1=C(C)C(=O)C2=C(C1=O)[C@@H](COC(N)=O)[C@@]1(OC)[C@@H]3[C@H](CN21)N3C(=O)OCc1ccc(SSCCCC(=O)CCCNC(=O)c2ccc(NCc3cnc4nc(C)[nH]c(=O)c4n3)cc2)cc1. The van der Waals surface area contributed by atoms with Crippen LogP contribution in [0.5, 0.6) is 0 Å². The van der Waals surface area contributed by atoms with Crippen molar-refractivity contribution in [3.63, 3.8) is 0 Å². The number of primary amides is 1. The minimum atomic E-state index is -1.39. The smallest absolute Gasteiger partial charge is 0.410 e. The molecule has 0 spiro atoms. The second-order valence-electron chi connectivity index (χ2n) is 16.5. The number of ether oxygens (including phenoxy) is 4. The number of nitrogens with one attached hydrogen (secondary N) is 3. The minimum absolute atomic E-state index is 0.00251. The predicted octanol–water partition coefficient (Wildman–Crippen LogP) is 4.33. The van der Waals surface area contributed by atoms with Crippen molar-refractivity contribution >= 4 is 73.9 Å². The van der Waals surface area contributed by atoms with E-state index in [1.807, 2.05) is 24.3 Å².